The molecule has 1 unspecified atom stereocenters. The van der Waals surface area contributed by atoms with Gasteiger partial charge in [0.1, 0.15) is 5.82 Å². The molecule has 0 aliphatic rings. The van der Waals surface area contributed by atoms with Crippen LogP contribution in [0.25, 0.3) is 0 Å². The first-order valence-corrected chi connectivity index (χ1v) is 6.93. The smallest absolute Gasteiger partial charge is 0.122 e. The topological polar surface area (TPSA) is 29.9 Å². The summed E-state index contributed by atoms with van der Waals surface area (Å²) >= 11 is 1.89. The van der Waals surface area contributed by atoms with E-state index in [0.29, 0.717) is 6.04 Å². The van der Waals surface area contributed by atoms with Crippen LogP contribution in [0.5, 0.6) is 0 Å². The SMILES string of the molecule is CCC(CSC)NCc1nccn1CC. The fourth-order valence-corrected chi connectivity index (χ4v) is 2.31. The van der Waals surface area contributed by atoms with Crippen LogP contribution in [0.2, 0.25) is 0 Å². The summed E-state index contributed by atoms with van der Waals surface area (Å²) in [5, 5.41) is 3.54. The molecule has 0 saturated heterocycles. The minimum absolute atomic E-state index is 0.599. The van der Waals surface area contributed by atoms with Crippen LogP contribution in [-0.4, -0.2) is 27.6 Å². The van der Waals surface area contributed by atoms with Gasteiger partial charge in [-0.05, 0) is 19.6 Å². The van der Waals surface area contributed by atoms with Crippen LogP contribution in [-0.2, 0) is 13.1 Å². The third-order valence-electron chi connectivity index (χ3n) is 2.55. The van der Waals surface area contributed by atoms with Gasteiger partial charge in [-0.3, -0.25) is 0 Å². The molecule has 1 atom stereocenters. The summed E-state index contributed by atoms with van der Waals surface area (Å²) < 4.78 is 2.18. The van der Waals surface area contributed by atoms with Crippen molar-refractivity contribution in [3.8, 4) is 0 Å². The molecule has 4 heteroatoms. The van der Waals surface area contributed by atoms with E-state index in [1.54, 1.807) is 0 Å². The van der Waals surface area contributed by atoms with Crippen LogP contribution in [0, 0.1) is 0 Å². The normalized spacial score (nSPS) is 13.0. The molecule has 1 rings (SSSR count). The average Bonchev–Trinajstić information content (AvgIpc) is 2.71. The summed E-state index contributed by atoms with van der Waals surface area (Å²) in [6.07, 6.45) is 7.23. The van der Waals surface area contributed by atoms with Gasteiger partial charge in [0.15, 0.2) is 0 Å². The summed E-state index contributed by atoms with van der Waals surface area (Å²) in [7, 11) is 0. The van der Waals surface area contributed by atoms with Crippen LogP contribution in [0.4, 0.5) is 0 Å². The standard InChI is InChI=1S/C11H21N3S/c1-4-10(9-15-3)13-8-11-12-6-7-14(11)5-2/h6-7,10,13H,4-5,8-9H2,1-3H3. The van der Waals surface area contributed by atoms with Gasteiger partial charge in [0.05, 0.1) is 6.54 Å². The Labute approximate surface area is 96.7 Å². The lowest BCUT2D eigenvalue weighted by Crippen LogP contribution is -2.31. The molecule has 0 bridgehead atoms. The molecule has 1 heterocycles. The first-order valence-electron chi connectivity index (χ1n) is 5.54. The lowest BCUT2D eigenvalue weighted by Gasteiger charge is -2.15. The molecule has 0 aliphatic carbocycles. The van der Waals surface area contributed by atoms with E-state index in [1.807, 2.05) is 24.2 Å². The highest BCUT2D eigenvalue weighted by molar-refractivity contribution is 7.98. The molecule has 15 heavy (non-hydrogen) atoms. The molecule has 1 N–H and O–H groups in total. The largest absolute Gasteiger partial charge is 0.334 e. The predicted octanol–water partition coefficient (Wildman–Crippen LogP) is 2.13. The van der Waals surface area contributed by atoms with Crippen molar-refractivity contribution in [1.82, 2.24) is 14.9 Å². The van der Waals surface area contributed by atoms with Gasteiger partial charge in [-0.25, -0.2) is 4.98 Å². The van der Waals surface area contributed by atoms with Crippen molar-refractivity contribution in [1.29, 1.82) is 0 Å². The lowest BCUT2D eigenvalue weighted by atomic mass is 10.2. The molecule has 3 nitrogen and oxygen atoms in total. The van der Waals surface area contributed by atoms with Crippen molar-refractivity contribution >= 4 is 11.8 Å². The molecular formula is C11H21N3S. The highest BCUT2D eigenvalue weighted by atomic mass is 32.2. The summed E-state index contributed by atoms with van der Waals surface area (Å²) in [5.74, 6) is 2.31. The molecule has 0 aliphatic heterocycles. The average molecular weight is 227 g/mol. The van der Waals surface area contributed by atoms with Gasteiger partial charge in [0.25, 0.3) is 0 Å². The quantitative estimate of drug-likeness (QED) is 0.774. The first kappa shape index (κ1) is 12.6. The molecule has 1 aromatic rings. The van der Waals surface area contributed by atoms with E-state index in [2.05, 4.69) is 35.0 Å². The Morgan fingerprint density at radius 2 is 2.33 bits per heavy atom. The Morgan fingerprint density at radius 3 is 2.93 bits per heavy atom. The van der Waals surface area contributed by atoms with Crippen LogP contribution in [0.1, 0.15) is 26.1 Å². The van der Waals surface area contributed by atoms with Gasteiger partial charge < -0.3 is 9.88 Å². The predicted molar refractivity (Wildman–Crippen MR) is 67.2 cm³/mol. The number of hydrogen-bond donors (Lipinski definition) is 1. The summed E-state index contributed by atoms with van der Waals surface area (Å²) in [5.41, 5.74) is 0. The number of rotatable bonds is 7. The van der Waals surface area contributed by atoms with Crippen LogP contribution >= 0.6 is 11.8 Å². The number of aryl methyl sites for hydroxylation is 1. The summed E-state index contributed by atoms with van der Waals surface area (Å²) in [4.78, 5) is 4.35. The maximum Gasteiger partial charge on any atom is 0.122 e. The molecule has 0 saturated carbocycles. The van der Waals surface area contributed by atoms with Crippen molar-refractivity contribution in [3.05, 3.63) is 18.2 Å². The Kier molecular flexibility index (Phi) is 5.79. The van der Waals surface area contributed by atoms with Crippen molar-refractivity contribution in [2.24, 2.45) is 0 Å². The maximum absolute atomic E-state index is 4.35. The van der Waals surface area contributed by atoms with Crippen molar-refractivity contribution in [2.45, 2.75) is 39.4 Å². The van der Waals surface area contributed by atoms with E-state index in [4.69, 9.17) is 0 Å². The molecule has 0 fully saturated rings. The second kappa shape index (κ2) is 6.90. The zero-order chi connectivity index (χ0) is 11.1. The van der Waals surface area contributed by atoms with Crippen molar-refractivity contribution in [2.75, 3.05) is 12.0 Å². The second-order valence-corrected chi connectivity index (χ2v) is 4.48. The van der Waals surface area contributed by atoms with E-state index in [-0.39, 0.29) is 0 Å². The number of nitrogens with one attached hydrogen (secondary N) is 1. The molecule has 0 radical (unpaired) electrons. The molecule has 86 valence electrons. The second-order valence-electron chi connectivity index (χ2n) is 3.57. The monoisotopic (exact) mass is 227 g/mol. The zero-order valence-electron chi connectivity index (χ0n) is 9.86. The van der Waals surface area contributed by atoms with E-state index >= 15 is 0 Å². The van der Waals surface area contributed by atoms with Gasteiger partial charge in [0.2, 0.25) is 0 Å². The van der Waals surface area contributed by atoms with E-state index in [0.717, 1.165) is 18.9 Å². The number of aromatic nitrogens is 2. The van der Waals surface area contributed by atoms with Crippen molar-refractivity contribution in [3.63, 3.8) is 0 Å². The van der Waals surface area contributed by atoms with E-state index < -0.39 is 0 Å². The fraction of sp³-hybridized carbons (Fsp3) is 0.727. The summed E-state index contributed by atoms with van der Waals surface area (Å²) in [6, 6.07) is 0.599. The maximum atomic E-state index is 4.35. The third-order valence-corrected chi connectivity index (χ3v) is 3.29. The Morgan fingerprint density at radius 1 is 1.53 bits per heavy atom. The molecule has 1 aromatic heterocycles. The fourth-order valence-electron chi connectivity index (χ4n) is 1.55. The van der Waals surface area contributed by atoms with Crippen LogP contribution in [0.3, 0.4) is 0 Å². The third kappa shape index (κ3) is 3.87. The highest BCUT2D eigenvalue weighted by Crippen LogP contribution is 2.03. The number of thioether (sulfide) groups is 1. The minimum atomic E-state index is 0.599. The zero-order valence-corrected chi connectivity index (χ0v) is 10.7. The number of hydrogen-bond acceptors (Lipinski definition) is 3. The molecule has 0 aromatic carbocycles. The van der Waals surface area contributed by atoms with Gasteiger partial charge in [-0.1, -0.05) is 6.92 Å². The Hall–Kier alpha value is -0.480. The van der Waals surface area contributed by atoms with Gasteiger partial charge in [-0.15, -0.1) is 0 Å². The van der Waals surface area contributed by atoms with Crippen LogP contribution < -0.4 is 5.32 Å². The first-order chi connectivity index (χ1) is 7.31. The summed E-state index contributed by atoms with van der Waals surface area (Å²) in [6.45, 7) is 6.24. The Bertz CT molecular complexity index is 273. The van der Waals surface area contributed by atoms with Gasteiger partial charge in [-0.2, -0.15) is 11.8 Å². The minimum Gasteiger partial charge on any atom is -0.334 e. The van der Waals surface area contributed by atoms with Crippen LogP contribution in [0.15, 0.2) is 12.4 Å². The molecule has 0 spiro atoms. The molecule has 0 amide bonds. The molecular weight excluding hydrogens is 206 g/mol. The van der Waals surface area contributed by atoms with Gasteiger partial charge >= 0.3 is 0 Å². The Balaban J connectivity index is 2.41. The number of nitrogens with zero attached hydrogens (tertiary/aromatic N) is 2. The van der Waals surface area contributed by atoms with Gasteiger partial charge in [0, 0.05) is 30.7 Å². The number of imidazole rings is 1. The lowest BCUT2D eigenvalue weighted by molar-refractivity contribution is 0.516. The van der Waals surface area contributed by atoms with E-state index in [1.165, 1.54) is 12.2 Å². The van der Waals surface area contributed by atoms with Crippen molar-refractivity contribution < 1.29 is 0 Å². The van der Waals surface area contributed by atoms with E-state index in [9.17, 15) is 0 Å². The highest BCUT2D eigenvalue weighted by Gasteiger charge is 2.06.